The van der Waals surface area contributed by atoms with Crippen LogP contribution in [-0.2, 0) is 4.79 Å². The van der Waals surface area contributed by atoms with E-state index in [-0.39, 0.29) is 12.5 Å². The van der Waals surface area contributed by atoms with Gasteiger partial charge in [0, 0.05) is 11.8 Å². The van der Waals surface area contributed by atoms with Crippen molar-refractivity contribution in [1.82, 2.24) is 0 Å². The Labute approximate surface area is 150 Å². The van der Waals surface area contributed by atoms with Gasteiger partial charge in [0.05, 0.1) is 15.1 Å². The zero-order valence-electron chi connectivity index (χ0n) is 13.0. The number of rotatable bonds is 4. The summed E-state index contributed by atoms with van der Waals surface area (Å²) in [5.74, 6) is 0.0377. The fourth-order valence-corrected chi connectivity index (χ4v) is 2.90. The van der Waals surface area contributed by atoms with Gasteiger partial charge in [0.2, 0.25) is 0 Å². The first-order valence-electron chi connectivity index (χ1n) is 6.93. The molecule has 0 aliphatic carbocycles. The number of hydrogen-bond donors (Lipinski definition) is 1. The van der Waals surface area contributed by atoms with Gasteiger partial charge in [-0.1, -0.05) is 52.5 Å². The van der Waals surface area contributed by atoms with Gasteiger partial charge in [-0.3, -0.25) is 4.79 Å². The molecule has 0 aliphatic heterocycles. The number of nitrogens with one attached hydrogen (secondary N) is 1. The fraction of sp³-hybridized carbons (Fsp3) is 0.235. The second-order valence-corrected chi connectivity index (χ2v) is 6.53. The normalized spacial score (nSPS) is 10.5. The second-order valence-electron chi connectivity index (χ2n) is 5.31. The van der Waals surface area contributed by atoms with E-state index in [9.17, 15) is 4.79 Å². The topological polar surface area (TPSA) is 38.3 Å². The van der Waals surface area contributed by atoms with Gasteiger partial charge in [-0.15, -0.1) is 0 Å². The molecule has 0 heterocycles. The molecule has 0 bridgehead atoms. The predicted molar refractivity (Wildman–Crippen MR) is 96.2 cm³/mol. The summed E-state index contributed by atoms with van der Waals surface area (Å²) in [6.07, 6.45) is 0. The number of amides is 1. The number of ether oxygens (including phenoxy) is 1. The van der Waals surface area contributed by atoms with Gasteiger partial charge < -0.3 is 10.1 Å². The maximum absolute atomic E-state index is 12.1. The van der Waals surface area contributed by atoms with Gasteiger partial charge in [0.15, 0.2) is 6.61 Å². The van der Waals surface area contributed by atoms with Crippen LogP contribution in [0.3, 0.4) is 0 Å². The molecule has 0 aromatic heterocycles. The molecule has 0 radical (unpaired) electrons. The van der Waals surface area contributed by atoms with Crippen LogP contribution in [0.25, 0.3) is 0 Å². The molecule has 6 heteroatoms. The quantitative estimate of drug-likeness (QED) is 0.710. The lowest BCUT2D eigenvalue weighted by molar-refractivity contribution is -0.118. The van der Waals surface area contributed by atoms with Crippen molar-refractivity contribution < 1.29 is 9.53 Å². The molecule has 0 saturated carbocycles. The van der Waals surface area contributed by atoms with Crippen LogP contribution in [0.2, 0.25) is 15.1 Å². The van der Waals surface area contributed by atoms with E-state index < -0.39 is 0 Å². The zero-order valence-corrected chi connectivity index (χ0v) is 15.2. The number of aryl methyl sites for hydroxylation is 3. The predicted octanol–water partition coefficient (Wildman–Crippen LogP) is 5.59. The standard InChI is InChI=1S/C17H16Cl3NO2/c1-9-4-10(2)17(11(3)5-9)21-16(22)8-23-15-7-13(19)12(18)6-14(15)20/h4-7H,8H2,1-3H3,(H,21,22). The minimum atomic E-state index is -0.276. The van der Waals surface area contributed by atoms with Crippen LogP contribution in [0.1, 0.15) is 16.7 Å². The van der Waals surface area contributed by atoms with Crippen molar-refractivity contribution in [3.63, 3.8) is 0 Å². The molecule has 0 spiro atoms. The third-order valence-corrected chi connectivity index (χ3v) is 4.29. The maximum Gasteiger partial charge on any atom is 0.262 e. The van der Waals surface area contributed by atoms with Gasteiger partial charge >= 0.3 is 0 Å². The molecule has 0 aliphatic rings. The smallest absolute Gasteiger partial charge is 0.262 e. The average molecular weight is 373 g/mol. The molecule has 2 aromatic carbocycles. The molecule has 23 heavy (non-hydrogen) atoms. The van der Waals surface area contributed by atoms with Gasteiger partial charge in [-0.25, -0.2) is 0 Å². The summed E-state index contributed by atoms with van der Waals surface area (Å²) in [5.41, 5.74) is 3.95. The molecule has 122 valence electrons. The molecule has 3 nitrogen and oxygen atoms in total. The number of anilines is 1. The molecule has 0 saturated heterocycles. The first kappa shape index (κ1) is 17.9. The van der Waals surface area contributed by atoms with E-state index in [0.29, 0.717) is 20.8 Å². The summed E-state index contributed by atoms with van der Waals surface area (Å²) in [5, 5.41) is 3.81. The summed E-state index contributed by atoms with van der Waals surface area (Å²) in [4.78, 5) is 12.1. The summed E-state index contributed by atoms with van der Waals surface area (Å²) in [6, 6.07) is 6.99. The highest BCUT2D eigenvalue weighted by molar-refractivity contribution is 6.43. The van der Waals surface area contributed by atoms with E-state index >= 15 is 0 Å². The largest absolute Gasteiger partial charge is 0.482 e. The van der Waals surface area contributed by atoms with Crippen molar-refractivity contribution in [3.8, 4) is 5.75 Å². The monoisotopic (exact) mass is 371 g/mol. The summed E-state index contributed by atoms with van der Waals surface area (Å²) >= 11 is 17.8. The summed E-state index contributed by atoms with van der Waals surface area (Å²) < 4.78 is 5.42. The van der Waals surface area contributed by atoms with E-state index in [4.69, 9.17) is 39.5 Å². The van der Waals surface area contributed by atoms with E-state index in [1.54, 1.807) is 0 Å². The Morgan fingerprint density at radius 1 is 0.957 bits per heavy atom. The van der Waals surface area contributed by atoms with Gasteiger partial charge in [0.1, 0.15) is 5.75 Å². The fourth-order valence-electron chi connectivity index (χ4n) is 2.31. The number of carbonyl (C=O) groups is 1. The van der Waals surface area contributed by atoms with E-state index in [1.807, 2.05) is 32.9 Å². The lowest BCUT2D eigenvalue weighted by Gasteiger charge is -2.14. The Morgan fingerprint density at radius 2 is 1.52 bits per heavy atom. The highest BCUT2D eigenvalue weighted by atomic mass is 35.5. The van der Waals surface area contributed by atoms with Crippen LogP contribution < -0.4 is 10.1 Å². The van der Waals surface area contributed by atoms with Crippen molar-refractivity contribution in [2.75, 3.05) is 11.9 Å². The van der Waals surface area contributed by atoms with Crippen LogP contribution in [0, 0.1) is 20.8 Å². The maximum atomic E-state index is 12.1. The van der Waals surface area contributed by atoms with Crippen LogP contribution in [0.15, 0.2) is 24.3 Å². The highest BCUT2D eigenvalue weighted by Gasteiger charge is 2.12. The third-order valence-electron chi connectivity index (χ3n) is 3.28. The van der Waals surface area contributed by atoms with Crippen LogP contribution in [0.4, 0.5) is 5.69 Å². The minimum Gasteiger partial charge on any atom is -0.482 e. The van der Waals surface area contributed by atoms with Crippen molar-refractivity contribution in [3.05, 3.63) is 56.0 Å². The number of halogens is 3. The molecule has 1 amide bonds. The Morgan fingerprint density at radius 3 is 2.13 bits per heavy atom. The van der Waals surface area contributed by atoms with Gasteiger partial charge in [0.25, 0.3) is 5.91 Å². The molecular weight excluding hydrogens is 357 g/mol. The molecule has 0 fully saturated rings. The number of hydrogen-bond acceptors (Lipinski definition) is 2. The molecule has 1 N–H and O–H groups in total. The summed E-state index contributed by atoms with van der Waals surface area (Å²) in [6.45, 7) is 5.74. The first-order chi connectivity index (χ1) is 10.8. The highest BCUT2D eigenvalue weighted by Crippen LogP contribution is 2.33. The Hall–Kier alpha value is -1.42. The Balaban J connectivity index is 2.05. The van der Waals surface area contributed by atoms with E-state index in [0.717, 1.165) is 22.4 Å². The van der Waals surface area contributed by atoms with Crippen LogP contribution in [-0.4, -0.2) is 12.5 Å². The Kier molecular flexibility index (Phi) is 5.79. The zero-order chi connectivity index (χ0) is 17.1. The summed E-state index contributed by atoms with van der Waals surface area (Å²) in [7, 11) is 0. The number of benzene rings is 2. The molecule has 0 atom stereocenters. The van der Waals surface area contributed by atoms with E-state index in [1.165, 1.54) is 12.1 Å². The third kappa shape index (κ3) is 4.54. The van der Waals surface area contributed by atoms with Gasteiger partial charge in [-0.05, 0) is 38.0 Å². The van der Waals surface area contributed by atoms with Crippen molar-refractivity contribution in [1.29, 1.82) is 0 Å². The lowest BCUT2D eigenvalue weighted by atomic mass is 10.1. The van der Waals surface area contributed by atoms with Crippen molar-refractivity contribution in [2.24, 2.45) is 0 Å². The van der Waals surface area contributed by atoms with Crippen molar-refractivity contribution >= 4 is 46.4 Å². The SMILES string of the molecule is Cc1cc(C)c(NC(=O)COc2cc(Cl)c(Cl)cc2Cl)c(C)c1. The molecule has 2 aromatic rings. The molecular formula is C17H16Cl3NO2. The Bertz CT molecular complexity index is 737. The first-order valence-corrected chi connectivity index (χ1v) is 8.06. The van der Waals surface area contributed by atoms with Crippen LogP contribution in [0.5, 0.6) is 5.75 Å². The minimum absolute atomic E-state index is 0.176. The molecule has 2 rings (SSSR count). The van der Waals surface area contributed by atoms with E-state index in [2.05, 4.69) is 5.32 Å². The lowest BCUT2D eigenvalue weighted by Crippen LogP contribution is -2.21. The second kappa shape index (κ2) is 7.43. The average Bonchev–Trinajstić information content (AvgIpc) is 2.45. The van der Waals surface area contributed by atoms with Crippen LogP contribution >= 0.6 is 34.8 Å². The number of carbonyl (C=O) groups excluding carboxylic acids is 1. The van der Waals surface area contributed by atoms with Gasteiger partial charge in [-0.2, -0.15) is 0 Å². The van der Waals surface area contributed by atoms with Crippen molar-refractivity contribution in [2.45, 2.75) is 20.8 Å². The molecule has 0 unspecified atom stereocenters.